The van der Waals surface area contributed by atoms with Crippen LogP contribution in [0.15, 0.2) is 36.5 Å². The number of hydrogen-bond acceptors (Lipinski definition) is 3. The van der Waals surface area contributed by atoms with Gasteiger partial charge in [-0.15, -0.1) is 0 Å². The summed E-state index contributed by atoms with van der Waals surface area (Å²) < 4.78 is 0. The fourth-order valence-corrected chi connectivity index (χ4v) is 2.08. The first kappa shape index (κ1) is 16.3. The molecule has 0 aliphatic carbocycles. The Kier molecular flexibility index (Phi) is 4.71. The fourth-order valence-electron chi connectivity index (χ4n) is 1.91. The van der Waals surface area contributed by atoms with Crippen molar-refractivity contribution in [2.45, 2.75) is 33.2 Å². The fraction of sp³-hybridized carbons (Fsp3) is 0.294. The molecule has 1 aromatic carbocycles. The molecule has 0 saturated heterocycles. The molecule has 2 N–H and O–H groups in total. The van der Waals surface area contributed by atoms with E-state index < -0.39 is 0 Å². The van der Waals surface area contributed by atoms with Crippen molar-refractivity contribution in [3.63, 3.8) is 0 Å². The molecular formula is C17H20ClN3O. The van der Waals surface area contributed by atoms with E-state index >= 15 is 0 Å². The first-order chi connectivity index (χ1) is 10.3. The third kappa shape index (κ3) is 4.21. The summed E-state index contributed by atoms with van der Waals surface area (Å²) >= 11 is 6.10. The van der Waals surface area contributed by atoms with E-state index in [1.165, 1.54) is 0 Å². The van der Waals surface area contributed by atoms with Gasteiger partial charge in [0.1, 0.15) is 5.69 Å². The van der Waals surface area contributed by atoms with Crippen LogP contribution in [0.4, 0.5) is 11.4 Å². The van der Waals surface area contributed by atoms with Gasteiger partial charge in [0, 0.05) is 16.2 Å². The van der Waals surface area contributed by atoms with Gasteiger partial charge in [-0.25, -0.2) is 4.98 Å². The highest BCUT2D eigenvalue weighted by Gasteiger charge is 2.16. The van der Waals surface area contributed by atoms with E-state index in [2.05, 4.69) is 15.6 Å². The molecule has 1 aromatic heterocycles. The van der Waals surface area contributed by atoms with Crippen LogP contribution in [0, 0.1) is 6.92 Å². The lowest BCUT2D eigenvalue weighted by Gasteiger charge is -2.20. The number of hydrogen-bond donors (Lipinski definition) is 2. The molecule has 0 aliphatic rings. The third-order valence-corrected chi connectivity index (χ3v) is 3.44. The lowest BCUT2D eigenvalue weighted by atomic mass is 10.1. The average molecular weight is 318 g/mol. The molecule has 116 valence electrons. The van der Waals surface area contributed by atoms with E-state index in [0.29, 0.717) is 10.7 Å². The highest BCUT2D eigenvalue weighted by Crippen LogP contribution is 2.25. The summed E-state index contributed by atoms with van der Waals surface area (Å²) in [5.41, 5.74) is 2.80. The molecule has 0 atom stereocenters. The van der Waals surface area contributed by atoms with Crippen LogP contribution in [0.3, 0.4) is 0 Å². The van der Waals surface area contributed by atoms with E-state index in [1.54, 1.807) is 12.3 Å². The van der Waals surface area contributed by atoms with Gasteiger partial charge in [-0.3, -0.25) is 4.79 Å². The number of halogens is 1. The van der Waals surface area contributed by atoms with Crippen LogP contribution in [0.5, 0.6) is 0 Å². The summed E-state index contributed by atoms with van der Waals surface area (Å²) in [5, 5.41) is 6.84. The van der Waals surface area contributed by atoms with Crippen molar-refractivity contribution in [1.29, 1.82) is 0 Å². The summed E-state index contributed by atoms with van der Waals surface area (Å²) in [7, 11) is 0. The zero-order chi connectivity index (χ0) is 16.3. The van der Waals surface area contributed by atoms with Gasteiger partial charge in [0.25, 0.3) is 5.91 Å². The Hall–Kier alpha value is -2.07. The predicted octanol–water partition coefficient (Wildman–Crippen LogP) is 4.32. The van der Waals surface area contributed by atoms with Gasteiger partial charge in [-0.05, 0) is 57.5 Å². The molecule has 0 radical (unpaired) electrons. The van der Waals surface area contributed by atoms with E-state index in [4.69, 9.17) is 11.6 Å². The second kappa shape index (κ2) is 6.36. The Labute approximate surface area is 135 Å². The minimum Gasteiger partial charge on any atom is -0.354 e. The average Bonchev–Trinajstić information content (AvgIpc) is 2.43. The molecule has 0 fully saturated rings. The van der Waals surface area contributed by atoms with Gasteiger partial charge in [-0.2, -0.15) is 0 Å². The summed E-state index contributed by atoms with van der Waals surface area (Å²) in [6, 6.07) is 9.20. The van der Waals surface area contributed by atoms with E-state index in [-0.39, 0.29) is 11.4 Å². The lowest BCUT2D eigenvalue weighted by Crippen LogP contribution is -2.40. The van der Waals surface area contributed by atoms with Crippen molar-refractivity contribution in [3.05, 3.63) is 52.8 Å². The molecule has 0 aliphatic heterocycles. The maximum Gasteiger partial charge on any atom is 0.270 e. The SMILES string of the molecule is Cc1c(Cl)cccc1Nc1ccc(C(=O)NC(C)(C)C)nc1. The largest absolute Gasteiger partial charge is 0.354 e. The summed E-state index contributed by atoms with van der Waals surface area (Å²) in [6.07, 6.45) is 1.64. The van der Waals surface area contributed by atoms with Crippen molar-refractivity contribution >= 4 is 28.9 Å². The molecular weight excluding hydrogens is 298 g/mol. The number of carbonyl (C=O) groups is 1. The third-order valence-electron chi connectivity index (χ3n) is 3.03. The quantitative estimate of drug-likeness (QED) is 0.886. The first-order valence-electron chi connectivity index (χ1n) is 7.07. The molecule has 4 nitrogen and oxygen atoms in total. The maximum atomic E-state index is 12.0. The molecule has 1 heterocycles. The lowest BCUT2D eigenvalue weighted by molar-refractivity contribution is 0.0914. The van der Waals surface area contributed by atoms with Crippen LogP contribution in [-0.2, 0) is 0 Å². The molecule has 0 spiro atoms. The van der Waals surface area contributed by atoms with Crippen molar-refractivity contribution < 1.29 is 4.79 Å². The summed E-state index contributed by atoms with van der Waals surface area (Å²) in [5.74, 6) is -0.182. The van der Waals surface area contributed by atoms with Gasteiger partial charge >= 0.3 is 0 Å². The van der Waals surface area contributed by atoms with Gasteiger partial charge in [0.05, 0.1) is 11.9 Å². The van der Waals surface area contributed by atoms with Crippen LogP contribution in [0.25, 0.3) is 0 Å². The normalized spacial score (nSPS) is 11.1. The molecule has 22 heavy (non-hydrogen) atoms. The van der Waals surface area contributed by atoms with E-state index in [9.17, 15) is 4.79 Å². The molecule has 0 saturated carbocycles. The number of amides is 1. The minimum absolute atomic E-state index is 0.182. The zero-order valence-electron chi connectivity index (χ0n) is 13.2. The Morgan fingerprint density at radius 1 is 1.18 bits per heavy atom. The molecule has 2 rings (SSSR count). The number of benzene rings is 1. The van der Waals surface area contributed by atoms with Gasteiger partial charge in [0.2, 0.25) is 0 Å². The highest BCUT2D eigenvalue weighted by atomic mass is 35.5. The molecule has 2 aromatic rings. The summed E-state index contributed by atoms with van der Waals surface area (Å²) in [6.45, 7) is 7.75. The van der Waals surface area contributed by atoms with Crippen LogP contribution in [0.2, 0.25) is 5.02 Å². The number of anilines is 2. The Bertz CT molecular complexity index is 675. The molecule has 1 amide bonds. The van der Waals surface area contributed by atoms with Gasteiger partial charge in [-0.1, -0.05) is 17.7 Å². The number of pyridine rings is 1. The van der Waals surface area contributed by atoms with Gasteiger partial charge < -0.3 is 10.6 Å². The monoisotopic (exact) mass is 317 g/mol. The van der Waals surface area contributed by atoms with Gasteiger partial charge in [0.15, 0.2) is 0 Å². The van der Waals surface area contributed by atoms with Crippen molar-refractivity contribution in [3.8, 4) is 0 Å². The number of nitrogens with one attached hydrogen (secondary N) is 2. The van der Waals surface area contributed by atoms with E-state index in [1.807, 2.05) is 52.0 Å². The number of carbonyl (C=O) groups excluding carboxylic acids is 1. The molecule has 0 bridgehead atoms. The minimum atomic E-state index is -0.284. The molecule has 5 heteroatoms. The smallest absolute Gasteiger partial charge is 0.270 e. The first-order valence-corrected chi connectivity index (χ1v) is 7.45. The summed E-state index contributed by atoms with van der Waals surface area (Å²) in [4.78, 5) is 16.2. The second-order valence-electron chi connectivity index (χ2n) is 6.17. The van der Waals surface area contributed by atoms with Crippen LogP contribution < -0.4 is 10.6 Å². The number of nitrogens with zero attached hydrogens (tertiary/aromatic N) is 1. The molecule has 0 unspecified atom stereocenters. The highest BCUT2D eigenvalue weighted by molar-refractivity contribution is 6.31. The second-order valence-corrected chi connectivity index (χ2v) is 6.58. The van der Waals surface area contributed by atoms with Crippen molar-refractivity contribution in [1.82, 2.24) is 10.3 Å². The van der Waals surface area contributed by atoms with Crippen LogP contribution in [0.1, 0.15) is 36.8 Å². The predicted molar refractivity (Wildman–Crippen MR) is 90.9 cm³/mol. The van der Waals surface area contributed by atoms with Crippen LogP contribution in [-0.4, -0.2) is 16.4 Å². The Morgan fingerprint density at radius 2 is 1.91 bits per heavy atom. The topological polar surface area (TPSA) is 54.0 Å². The van der Waals surface area contributed by atoms with Crippen molar-refractivity contribution in [2.24, 2.45) is 0 Å². The van der Waals surface area contributed by atoms with Crippen molar-refractivity contribution in [2.75, 3.05) is 5.32 Å². The maximum absolute atomic E-state index is 12.0. The zero-order valence-corrected chi connectivity index (χ0v) is 14.0. The number of aromatic nitrogens is 1. The van der Waals surface area contributed by atoms with Crippen LogP contribution >= 0.6 is 11.6 Å². The Balaban J connectivity index is 2.12. The van der Waals surface area contributed by atoms with E-state index in [0.717, 1.165) is 16.9 Å². The Morgan fingerprint density at radius 3 is 2.50 bits per heavy atom. The number of rotatable bonds is 3. The standard InChI is InChI=1S/C17H20ClN3O/c1-11-13(18)6-5-7-14(11)20-12-8-9-15(19-10-12)16(22)21-17(2,3)4/h5-10,20H,1-4H3,(H,21,22).